The molecule has 2 aromatic heterocycles. The monoisotopic (exact) mass is 276 g/mol. The van der Waals surface area contributed by atoms with Crippen molar-refractivity contribution in [3.05, 3.63) is 29.8 Å². The van der Waals surface area contributed by atoms with Crippen molar-refractivity contribution in [1.82, 2.24) is 7.99 Å². The first-order valence-corrected chi connectivity index (χ1v) is 4.96. The summed E-state index contributed by atoms with van der Waals surface area (Å²) in [7, 11) is 0. The third kappa shape index (κ3) is 1.46. The van der Waals surface area contributed by atoms with Crippen molar-refractivity contribution < 1.29 is 0 Å². The zero-order valence-corrected chi connectivity index (χ0v) is 8.54. The van der Waals surface area contributed by atoms with Crippen LogP contribution in [0.25, 0.3) is 10.6 Å². The maximum absolute atomic E-state index is 4.27. The number of hydrogen-bond donors (Lipinski definition) is 0. The molecule has 2 heterocycles. The summed E-state index contributed by atoms with van der Waals surface area (Å²) in [4.78, 5) is 1.22. The Bertz CT molecular complexity index is 339. The van der Waals surface area contributed by atoms with Crippen LogP contribution in [-0.2, 0) is 0 Å². The standard InChI is InChI=1S/C7H5IN2S/c8-10-4-3-6(9-10)7-2-1-5-11-7/h1-5H. The van der Waals surface area contributed by atoms with E-state index in [-0.39, 0.29) is 0 Å². The molecular formula is C7H5IN2S. The lowest BCUT2D eigenvalue weighted by Gasteiger charge is -1.85. The maximum atomic E-state index is 4.27. The highest BCUT2D eigenvalue weighted by atomic mass is 127. The van der Waals surface area contributed by atoms with E-state index in [4.69, 9.17) is 0 Å². The van der Waals surface area contributed by atoms with Crippen molar-refractivity contribution in [2.24, 2.45) is 0 Å². The highest BCUT2D eigenvalue weighted by Crippen LogP contribution is 2.22. The van der Waals surface area contributed by atoms with Gasteiger partial charge < -0.3 is 0 Å². The molecule has 2 rings (SSSR count). The fourth-order valence-corrected chi connectivity index (χ4v) is 1.94. The third-order valence-electron chi connectivity index (χ3n) is 1.33. The predicted molar refractivity (Wildman–Crippen MR) is 55.0 cm³/mol. The van der Waals surface area contributed by atoms with Gasteiger partial charge in [-0.1, -0.05) is 6.07 Å². The van der Waals surface area contributed by atoms with Gasteiger partial charge in [0, 0.05) is 6.20 Å². The Morgan fingerprint density at radius 3 is 2.91 bits per heavy atom. The normalized spacial score (nSPS) is 10.3. The maximum Gasteiger partial charge on any atom is 0.103 e. The molecule has 0 N–H and O–H groups in total. The van der Waals surface area contributed by atoms with Crippen LogP contribution < -0.4 is 0 Å². The zero-order valence-electron chi connectivity index (χ0n) is 5.57. The summed E-state index contributed by atoms with van der Waals surface area (Å²) in [5, 5.41) is 6.32. The van der Waals surface area contributed by atoms with Crippen LogP contribution >= 0.6 is 34.2 Å². The molecule has 0 aromatic carbocycles. The molecule has 0 unspecified atom stereocenters. The zero-order chi connectivity index (χ0) is 7.68. The fourth-order valence-electron chi connectivity index (χ4n) is 0.857. The molecule has 0 fully saturated rings. The van der Waals surface area contributed by atoms with E-state index in [2.05, 4.69) is 39.4 Å². The van der Waals surface area contributed by atoms with Gasteiger partial charge in [-0.15, -0.1) is 11.3 Å². The van der Waals surface area contributed by atoms with Gasteiger partial charge in [0.15, 0.2) is 0 Å². The average Bonchev–Trinajstić information content (AvgIpc) is 2.55. The number of thiophene rings is 1. The van der Waals surface area contributed by atoms with Gasteiger partial charge >= 0.3 is 0 Å². The van der Waals surface area contributed by atoms with E-state index < -0.39 is 0 Å². The molecule has 2 nitrogen and oxygen atoms in total. The van der Waals surface area contributed by atoms with Crippen LogP contribution in [0, 0.1) is 0 Å². The highest BCUT2D eigenvalue weighted by Gasteiger charge is 2.00. The molecule has 0 aliphatic rings. The first-order chi connectivity index (χ1) is 5.36. The Labute approximate surface area is 82.4 Å². The summed E-state index contributed by atoms with van der Waals surface area (Å²) in [5.74, 6) is 0. The molecule has 0 bridgehead atoms. The molecule has 0 aliphatic carbocycles. The van der Waals surface area contributed by atoms with Crippen LogP contribution in [0.15, 0.2) is 29.8 Å². The lowest BCUT2D eigenvalue weighted by Crippen LogP contribution is -1.77. The van der Waals surface area contributed by atoms with Crippen molar-refractivity contribution in [2.75, 3.05) is 0 Å². The number of hydrogen-bond acceptors (Lipinski definition) is 2. The summed E-state index contributed by atoms with van der Waals surface area (Å²) in [6, 6.07) is 6.12. The summed E-state index contributed by atoms with van der Waals surface area (Å²) in [6.45, 7) is 0. The van der Waals surface area contributed by atoms with Crippen LogP contribution in [0.2, 0.25) is 0 Å². The van der Waals surface area contributed by atoms with E-state index in [0.717, 1.165) is 5.69 Å². The van der Waals surface area contributed by atoms with E-state index >= 15 is 0 Å². The minimum atomic E-state index is 1.05. The molecule has 0 atom stereocenters. The lowest BCUT2D eigenvalue weighted by molar-refractivity contribution is 1.06. The van der Waals surface area contributed by atoms with Gasteiger partial charge in [0.05, 0.1) is 27.7 Å². The minimum absolute atomic E-state index is 1.05. The summed E-state index contributed by atoms with van der Waals surface area (Å²) in [5.41, 5.74) is 1.05. The Kier molecular flexibility index (Phi) is 1.95. The number of aromatic nitrogens is 2. The molecule has 11 heavy (non-hydrogen) atoms. The number of halogens is 1. The fraction of sp³-hybridized carbons (Fsp3) is 0. The molecule has 56 valence electrons. The van der Waals surface area contributed by atoms with Crippen molar-refractivity contribution >= 4 is 34.2 Å². The molecular weight excluding hydrogens is 271 g/mol. The van der Waals surface area contributed by atoms with E-state index in [9.17, 15) is 0 Å². The van der Waals surface area contributed by atoms with Crippen LogP contribution in [0.4, 0.5) is 0 Å². The highest BCUT2D eigenvalue weighted by molar-refractivity contribution is 14.1. The Morgan fingerprint density at radius 2 is 2.36 bits per heavy atom. The van der Waals surface area contributed by atoms with Gasteiger partial charge in [-0.05, 0) is 17.5 Å². The third-order valence-corrected chi connectivity index (χ3v) is 2.76. The second-order valence-electron chi connectivity index (χ2n) is 2.07. The Morgan fingerprint density at radius 1 is 1.45 bits per heavy atom. The van der Waals surface area contributed by atoms with Crippen molar-refractivity contribution in [3.8, 4) is 10.6 Å². The van der Waals surface area contributed by atoms with Crippen molar-refractivity contribution in [3.63, 3.8) is 0 Å². The lowest BCUT2D eigenvalue weighted by atomic mass is 10.4. The van der Waals surface area contributed by atoms with Crippen LogP contribution in [0.1, 0.15) is 0 Å². The second-order valence-corrected chi connectivity index (χ2v) is 4.00. The van der Waals surface area contributed by atoms with Gasteiger partial charge in [0.2, 0.25) is 0 Å². The van der Waals surface area contributed by atoms with Gasteiger partial charge in [-0.2, -0.15) is 5.10 Å². The van der Waals surface area contributed by atoms with E-state index in [1.54, 1.807) is 14.2 Å². The molecule has 0 amide bonds. The van der Waals surface area contributed by atoms with Crippen molar-refractivity contribution in [1.29, 1.82) is 0 Å². The molecule has 0 aliphatic heterocycles. The van der Waals surface area contributed by atoms with Gasteiger partial charge in [-0.3, -0.25) is 0 Å². The van der Waals surface area contributed by atoms with Gasteiger partial charge in [0.25, 0.3) is 0 Å². The Hall–Kier alpha value is -0.360. The molecule has 0 spiro atoms. The number of nitrogens with zero attached hydrogens (tertiary/aromatic N) is 2. The van der Waals surface area contributed by atoms with Crippen molar-refractivity contribution in [2.45, 2.75) is 0 Å². The quantitative estimate of drug-likeness (QED) is 0.732. The van der Waals surface area contributed by atoms with Gasteiger partial charge in [-0.25, -0.2) is 2.90 Å². The molecule has 0 saturated carbocycles. The van der Waals surface area contributed by atoms with Crippen LogP contribution in [0.3, 0.4) is 0 Å². The molecule has 2 aromatic rings. The summed E-state index contributed by atoms with van der Waals surface area (Å²) < 4.78 is 1.78. The smallest absolute Gasteiger partial charge is 0.103 e. The predicted octanol–water partition coefficient (Wildman–Crippen LogP) is 2.81. The van der Waals surface area contributed by atoms with E-state index in [0.29, 0.717) is 0 Å². The topological polar surface area (TPSA) is 17.8 Å². The van der Waals surface area contributed by atoms with Crippen LogP contribution in [0.5, 0.6) is 0 Å². The summed E-state index contributed by atoms with van der Waals surface area (Å²) >= 11 is 3.85. The van der Waals surface area contributed by atoms with E-state index in [1.165, 1.54) is 4.88 Å². The molecule has 0 radical (unpaired) electrons. The minimum Gasteiger partial charge on any atom is -0.211 e. The van der Waals surface area contributed by atoms with Crippen LogP contribution in [-0.4, -0.2) is 7.99 Å². The SMILES string of the molecule is In1ccc(-c2cccs2)n1. The summed E-state index contributed by atoms with van der Waals surface area (Å²) in [6.07, 6.45) is 1.94. The van der Waals surface area contributed by atoms with Gasteiger partial charge in [0.1, 0.15) is 5.69 Å². The van der Waals surface area contributed by atoms with E-state index in [1.807, 2.05) is 18.3 Å². The molecule has 0 saturated heterocycles. The average molecular weight is 276 g/mol. The second kappa shape index (κ2) is 2.94. The largest absolute Gasteiger partial charge is 0.211 e. The molecule has 4 heteroatoms. The Balaban J connectivity index is 2.45. The first-order valence-electron chi connectivity index (χ1n) is 3.12. The number of rotatable bonds is 1. The first kappa shape index (κ1) is 7.30.